The number of carbonyl (C=O) groups is 4. The molecule has 0 saturated heterocycles. The Kier molecular flexibility index (Phi) is 22.0. The number of amides is 5. The first-order valence-electron chi connectivity index (χ1n) is 15.1. The molecular weight excluding hydrogens is 604 g/mol. The van der Waals surface area contributed by atoms with E-state index in [-0.39, 0.29) is 57.6 Å². The Morgan fingerprint density at radius 2 is 1.48 bits per heavy atom. The molecule has 0 aliphatic carbocycles. The van der Waals surface area contributed by atoms with Crippen molar-refractivity contribution in [1.29, 1.82) is 0 Å². The molecule has 2 unspecified atom stereocenters. The highest BCUT2D eigenvalue weighted by Crippen LogP contribution is 2.12. The molecule has 5 amide bonds. The smallest absolute Gasteiger partial charge is 0.312 e. The molecule has 46 heavy (non-hydrogen) atoms. The van der Waals surface area contributed by atoms with E-state index in [0.717, 1.165) is 0 Å². The molecule has 0 heterocycles. The minimum absolute atomic E-state index is 0.0197. The van der Waals surface area contributed by atoms with Crippen LogP contribution in [-0.4, -0.2) is 107 Å². The molecule has 1 aromatic rings. The summed E-state index contributed by atoms with van der Waals surface area (Å²) in [7, 11) is 0. The van der Waals surface area contributed by atoms with E-state index in [4.69, 9.17) is 30.2 Å². The summed E-state index contributed by atoms with van der Waals surface area (Å²) in [5, 5.41) is 23.2. The van der Waals surface area contributed by atoms with Crippen molar-refractivity contribution in [3.8, 4) is 0 Å². The number of ether oxygens (including phenoxy) is 4. The first kappa shape index (κ1) is 40.0. The number of hydrogen-bond acceptors (Lipinski definition) is 10. The first-order valence-corrected chi connectivity index (χ1v) is 15.1. The van der Waals surface area contributed by atoms with Crippen LogP contribution in [0.15, 0.2) is 29.4 Å². The summed E-state index contributed by atoms with van der Waals surface area (Å²) in [5.41, 5.74) is 14.4. The molecule has 0 fully saturated rings. The number of hydrogen-bond donors (Lipinski definition) is 6. The Hall–Kier alpha value is -3.99. The lowest BCUT2D eigenvalue weighted by atomic mass is 10.0. The number of aliphatic hydroxyl groups excluding tert-OH is 1. The minimum Gasteiger partial charge on any atom is -0.392 e. The Labute approximate surface area is 268 Å². The quantitative estimate of drug-likeness (QED) is 0.0360. The van der Waals surface area contributed by atoms with Gasteiger partial charge in [-0.15, -0.1) is 0 Å². The fourth-order valence-corrected chi connectivity index (χ4v) is 3.83. The topological polar surface area (TPSA) is 248 Å². The van der Waals surface area contributed by atoms with Crippen LogP contribution in [0.1, 0.15) is 38.7 Å². The fourth-order valence-electron chi connectivity index (χ4n) is 3.83. The van der Waals surface area contributed by atoms with Gasteiger partial charge in [-0.1, -0.05) is 31.1 Å². The first-order chi connectivity index (χ1) is 22.2. The fraction of sp³-hybridized carbons (Fsp3) is 0.655. The van der Waals surface area contributed by atoms with Gasteiger partial charge in [0.1, 0.15) is 12.1 Å². The van der Waals surface area contributed by atoms with Crippen LogP contribution in [0.4, 0.5) is 10.5 Å². The third-order valence-electron chi connectivity index (χ3n) is 6.26. The second-order valence-electron chi connectivity index (χ2n) is 10.3. The molecular formula is C29H48N8O9. The van der Waals surface area contributed by atoms with Gasteiger partial charge in [-0.25, -0.2) is 4.79 Å². The van der Waals surface area contributed by atoms with Crippen LogP contribution >= 0.6 is 0 Å². The van der Waals surface area contributed by atoms with Crippen molar-refractivity contribution in [2.75, 3.05) is 71.3 Å². The van der Waals surface area contributed by atoms with E-state index < -0.39 is 29.9 Å². The highest BCUT2D eigenvalue weighted by Gasteiger charge is 2.28. The second-order valence-corrected chi connectivity index (χ2v) is 10.3. The summed E-state index contributed by atoms with van der Waals surface area (Å²) in [4.78, 5) is 52.5. The average molecular weight is 653 g/mol. The molecule has 258 valence electrons. The SMILES string of the molecule is CC(C)C(NC(=O)CCOCCOCCOCCOCCN=[N+]=[N-])C(=O)NC(CCCNC(N)=O)C(=O)Nc1ccc(CO)cc1. The van der Waals surface area contributed by atoms with Crippen LogP contribution in [0.5, 0.6) is 0 Å². The number of anilines is 1. The molecule has 2 atom stereocenters. The van der Waals surface area contributed by atoms with Gasteiger partial charge in [0.15, 0.2) is 0 Å². The predicted octanol–water partition coefficient (Wildman–Crippen LogP) is 0.958. The molecule has 0 aliphatic heterocycles. The molecule has 0 spiro atoms. The number of nitrogens with zero attached hydrogens (tertiary/aromatic N) is 3. The Bertz CT molecular complexity index is 1080. The zero-order valence-electron chi connectivity index (χ0n) is 26.6. The number of nitrogens with two attached hydrogens (primary N) is 1. The highest BCUT2D eigenvalue weighted by molar-refractivity contribution is 5.98. The van der Waals surface area contributed by atoms with Gasteiger partial charge in [-0.2, -0.15) is 0 Å². The van der Waals surface area contributed by atoms with Crippen molar-refractivity contribution >= 4 is 29.4 Å². The zero-order chi connectivity index (χ0) is 34.0. The van der Waals surface area contributed by atoms with E-state index in [2.05, 4.69) is 31.3 Å². The molecule has 17 nitrogen and oxygen atoms in total. The van der Waals surface area contributed by atoms with Gasteiger partial charge in [0.05, 0.1) is 59.5 Å². The Morgan fingerprint density at radius 3 is 2.02 bits per heavy atom. The van der Waals surface area contributed by atoms with Gasteiger partial charge >= 0.3 is 6.03 Å². The number of aliphatic hydroxyl groups is 1. The second kappa shape index (κ2) is 25.2. The summed E-state index contributed by atoms with van der Waals surface area (Å²) in [6, 6.07) is 4.02. The van der Waals surface area contributed by atoms with E-state index in [9.17, 15) is 24.3 Å². The van der Waals surface area contributed by atoms with Crippen LogP contribution in [-0.2, 0) is 39.9 Å². The van der Waals surface area contributed by atoms with Gasteiger partial charge in [0.2, 0.25) is 17.7 Å². The number of carbonyl (C=O) groups excluding carboxylic acids is 4. The maximum Gasteiger partial charge on any atom is 0.312 e. The van der Waals surface area contributed by atoms with Gasteiger partial charge in [-0.3, -0.25) is 14.4 Å². The summed E-state index contributed by atoms with van der Waals surface area (Å²) in [6.45, 7) is 6.47. The summed E-state index contributed by atoms with van der Waals surface area (Å²) >= 11 is 0. The number of benzene rings is 1. The maximum atomic E-state index is 13.2. The number of nitrogens with one attached hydrogen (secondary N) is 4. The summed E-state index contributed by atoms with van der Waals surface area (Å²) < 4.78 is 21.4. The minimum atomic E-state index is -0.963. The number of primary amides is 1. The average Bonchev–Trinajstić information content (AvgIpc) is 3.03. The van der Waals surface area contributed by atoms with Crippen LogP contribution in [0.2, 0.25) is 0 Å². The summed E-state index contributed by atoms with van der Waals surface area (Å²) in [5.74, 6) is -1.68. The zero-order valence-corrected chi connectivity index (χ0v) is 26.6. The lowest BCUT2D eigenvalue weighted by molar-refractivity contribution is -0.132. The monoisotopic (exact) mass is 652 g/mol. The van der Waals surface area contributed by atoms with Crippen molar-refractivity contribution < 1.29 is 43.2 Å². The molecule has 7 N–H and O–H groups in total. The van der Waals surface area contributed by atoms with Crippen molar-refractivity contribution in [2.24, 2.45) is 16.8 Å². The number of rotatable bonds is 26. The van der Waals surface area contributed by atoms with Crippen molar-refractivity contribution in [1.82, 2.24) is 16.0 Å². The van der Waals surface area contributed by atoms with Crippen molar-refractivity contribution in [3.05, 3.63) is 40.3 Å². The van der Waals surface area contributed by atoms with E-state index >= 15 is 0 Å². The van der Waals surface area contributed by atoms with Crippen LogP contribution in [0, 0.1) is 5.92 Å². The van der Waals surface area contributed by atoms with Gasteiger partial charge in [0.25, 0.3) is 0 Å². The summed E-state index contributed by atoms with van der Waals surface area (Å²) in [6.07, 6.45) is 0.571. The lowest BCUT2D eigenvalue weighted by Crippen LogP contribution is -2.54. The van der Waals surface area contributed by atoms with E-state index in [1.54, 1.807) is 38.1 Å². The van der Waals surface area contributed by atoms with Crippen molar-refractivity contribution in [2.45, 2.75) is 51.8 Å². The van der Waals surface area contributed by atoms with Gasteiger partial charge in [0, 0.05) is 30.1 Å². The van der Waals surface area contributed by atoms with E-state index in [1.807, 2.05) is 0 Å². The standard InChI is InChI=1S/C29H48N8O9/c1-21(2)26(36-25(39)9-12-43-14-16-45-18-19-46-17-15-44-13-11-33-37-31)28(41)35-24(4-3-10-32-29(30)42)27(40)34-23-7-5-22(20-38)6-8-23/h5-8,21,24,26,38H,3-4,9-20H2,1-2H3,(H,34,40)(H,35,41)(H,36,39)(H3,30,32,42). The highest BCUT2D eigenvalue weighted by atomic mass is 16.6. The van der Waals surface area contributed by atoms with Crippen LogP contribution in [0.25, 0.3) is 10.4 Å². The van der Waals surface area contributed by atoms with Crippen molar-refractivity contribution in [3.63, 3.8) is 0 Å². The molecule has 0 radical (unpaired) electrons. The molecule has 1 aromatic carbocycles. The molecule has 0 bridgehead atoms. The Morgan fingerprint density at radius 1 is 0.891 bits per heavy atom. The molecule has 17 heteroatoms. The van der Waals surface area contributed by atoms with Gasteiger partial charge in [-0.05, 0) is 42.0 Å². The van der Waals surface area contributed by atoms with Gasteiger partial charge < -0.3 is 51.1 Å². The molecule has 0 aliphatic rings. The normalized spacial score (nSPS) is 12.1. The number of azide groups is 1. The third kappa shape index (κ3) is 19.4. The molecule has 0 saturated carbocycles. The Balaban J connectivity index is 2.45. The lowest BCUT2D eigenvalue weighted by Gasteiger charge is -2.25. The number of urea groups is 1. The third-order valence-corrected chi connectivity index (χ3v) is 6.26. The maximum absolute atomic E-state index is 13.2. The largest absolute Gasteiger partial charge is 0.392 e. The predicted molar refractivity (Wildman–Crippen MR) is 168 cm³/mol. The van der Waals surface area contributed by atoms with E-state index in [1.165, 1.54) is 0 Å². The molecule has 1 rings (SSSR count). The molecule has 0 aromatic heterocycles. The van der Waals surface area contributed by atoms with E-state index in [0.29, 0.717) is 57.3 Å². The van der Waals surface area contributed by atoms with Crippen LogP contribution < -0.4 is 27.0 Å². The van der Waals surface area contributed by atoms with Crippen LogP contribution in [0.3, 0.4) is 0 Å².